The molecule has 6 heteroatoms. The van der Waals surface area contributed by atoms with Crippen molar-refractivity contribution in [3.05, 3.63) is 41.5 Å². The fourth-order valence-corrected chi connectivity index (χ4v) is 2.88. The number of nitrogen functional groups attached to an aromatic ring is 1. The first-order chi connectivity index (χ1) is 10.2. The van der Waals surface area contributed by atoms with Crippen LogP contribution in [0.2, 0.25) is 0 Å². The van der Waals surface area contributed by atoms with E-state index in [1.165, 1.54) is 6.07 Å². The summed E-state index contributed by atoms with van der Waals surface area (Å²) in [5.41, 5.74) is 6.60. The van der Waals surface area contributed by atoms with Gasteiger partial charge in [0, 0.05) is 12.5 Å². The summed E-state index contributed by atoms with van der Waals surface area (Å²) in [7, 11) is 0. The topological polar surface area (TPSA) is 70.8 Å². The number of hydrogen-bond donors (Lipinski definition) is 2. The lowest BCUT2D eigenvalue weighted by atomic mass is 9.96. The number of H-pyrrole nitrogens is 1. The minimum absolute atomic E-state index is 0.158. The maximum atomic E-state index is 13.1. The molecule has 3 rings (SSSR count). The lowest BCUT2D eigenvalue weighted by Gasteiger charge is -2.30. The molecule has 0 unspecified atom stereocenters. The van der Waals surface area contributed by atoms with Crippen molar-refractivity contribution in [2.75, 3.05) is 25.4 Å². The largest absolute Gasteiger partial charge is 0.367 e. The van der Waals surface area contributed by atoms with Crippen LogP contribution < -0.4 is 5.73 Å². The van der Waals surface area contributed by atoms with Crippen LogP contribution in [-0.4, -0.2) is 39.7 Å². The number of nitrogens with one attached hydrogen (secondary N) is 1. The van der Waals surface area contributed by atoms with Crippen LogP contribution in [0.5, 0.6) is 0 Å². The van der Waals surface area contributed by atoms with Crippen LogP contribution in [0, 0.1) is 5.82 Å². The Morgan fingerprint density at radius 1 is 1.33 bits per heavy atom. The van der Waals surface area contributed by atoms with Crippen LogP contribution in [0.3, 0.4) is 0 Å². The van der Waals surface area contributed by atoms with E-state index >= 15 is 0 Å². The third-order valence-electron chi connectivity index (χ3n) is 4.10. The molecule has 112 valence electrons. The molecule has 1 aliphatic rings. The number of nitrogens with two attached hydrogens (primary N) is 1. The Morgan fingerprint density at radius 2 is 2.14 bits per heavy atom. The highest BCUT2D eigenvalue weighted by Crippen LogP contribution is 2.25. The van der Waals surface area contributed by atoms with Crippen molar-refractivity contribution >= 4 is 5.95 Å². The second-order valence-corrected chi connectivity index (χ2v) is 5.57. The average Bonchev–Trinajstić information content (AvgIpc) is 2.92. The fourth-order valence-electron chi connectivity index (χ4n) is 2.88. The van der Waals surface area contributed by atoms with E-state index in [4.69, 9.17) is 5.73 Å². The molecular weight excluding hydrogens is 269 g/mol. The SMILES string of the molecule is Nc1n[nH]c(C2CCN(CCc3cccc(F)c3)CC2)n1. The monoisotopic (exact) mass is 289 g/mol. The highest BCUT2D eigenvalue weighted by atomic mass is 19.1. The van der Waals surface area contributed by atoms with Crippen LogP contribution in [0.25, 0.3) is 0 Å². The van der Waals surface area contributed by atoms with Crippen LogP contribution in [-0.2, 0) is 6.42 Å². The van der Waals surface area contributed by atoms with Crippen molar-refractivity contribution in [3.63, 3.8) is 0 Å². The van der Waals surface area contributed by atoms with Gasteiger partial charge < -0.3 is 10.6 Å². The highest BCUT2D eigenvalue weighted by Gasteiger charge is 2.22. The number of hydrogen-bond acceptors (Lipinski definition) is 4. The Balaban J connectivity index is 1.47. The van der Waals surface area contributed by atoms with Gasteiger partial charge in [-0.1, -0.05) is 12.1 Å². The van der Waals surface area contributed by atoms with Crippen molar-refractivity contribution in [1.29, 1.82) is 0 Å². The third-order valence-corrected chi connectivity index (χ3v) is 4.10. The Hall–Kier alpha value is -1.95. The molecular formula is C15H20FN5. The molecule has 0 atom stereocenters. The lowest BCUT2D eigenvalue weighted by Crippen LogP contribution is -2.34. The molecule has 1 aliphatic heterocycles. The summed E-state index contributed by atoms with van der Waals surface area (Å²) in [5, 5.41) is 6.80. The number of rotatable bonds is 4. The van der Waals surface area contributed by atoms with E-state index in [1.54, 1.807) is 12.1 Å². The van der Waals surface area contributed by atoms with Crippen LogP contribution in [0.15, 0.2) is 24.3 Å². The quantitative estimate of drug-likeness (QED) is 0.902. The molecule has 0 amide bonds. The molecule has 0 radical (unpaired) electrons. The van der Waals surface area contributed by atoms with Crippen LogP contribution >= 0.6 is 0 Å². The molecule has 3 N–H and O–H groups in total. The molecule has 1 saturated heterocycles. The van der Waals surface area contributed by atoms with Gasteiger partial charge in [0.05, 0.1) is 0 Å². The van der Waals surface area contributed by atoms with Gasteiger partial charge in [-0.15, -0.1) is 5.10 Å². The summed E-state index contributed by atoms with van der Waals surface area (Å²) < 4.78 is 13.1. The molecule has 1 aromatic heterocycles. The Labute approximate surface area is 123 Å². The van der Waals surface area contributed by atoms with Crippen molar-refractivity contribution in [3.8, 4) is 0 Å². The molecule has 1 fully saturated rings. The van der Waals surface area contributed by atoms with Crippen molar-refractivity contribution in [2.45, 2.75) is 25.2 Å². The van der Waals surface area contributed by atoms with E-state index in [-0.39, 0.29) is 5.82 Å². The zero-order valence-corrected chi connectivity index (χ0v) is 11.9. The molecule has 21 heavy (non-hydrogen) atoms. The average molecular weight is 289 g/mol. The van der Waals surface area contributed by atoms with Gasteiger partial charge in [0.25, 0.3) is 0 Å². The number of piperidine rings is 1. The Bertz CT molecular complexity index is 589. The number of benzene rings is 1. The molecule has 0 bridgehead atoms. The smallest absolute Gasteiger partial charge is 0.239 e. The molecule has 0 aliphatic carbocycles. The number of nitrogens with zero attached hydrogens (tertiary/aromatic N) is 3. The summed E-state index contributed by atoms with van der Waals surface area (Å²) in [6.45, 7) is 3.02. The van der Waals surface area contributed by atoms with E-state index in [9.17, 15) is 4.39 Å². The normalized spacial score (nSPS) is 17.2. The van der Waals surface area contributed by atoms with Gasteiger partial charge in [-0.3, -0.25) is 5.10 Å². The van der Waals surface area contributed by atoms with Crippen LogP contribution in [0.4, 0.5) is 10.3 Å². The summed E-state index contributed by atoms with van der Waals surface area (Å²) in [5.74, 6) is 1.48. The molecule has 2 heterocycles. The zero-order valence-electron chi connectivity index (χ0n) is 11.9. The van der Waals surface area contributed by atoms with Gasteiger partial charge in [-0.05, 0) is 50.0 Å². The van der Waals surface area contributed by atoms with Crippen molar-refractivity contribution in [2.24, 2.45) is 0 Å². The first kappa shape index (κ1) is 14.0. The summed E-state index contributed by atoms with van der Waals surface area (Å²) in [4.78, 5) is 6.63. The predicted molar refractivity (Wildman–Crippen MR) is 79.3 cm³/mol. The van der Waals surface area contributed by atoms with Gasteiger partial charge in [-0.25, -0.2) is 4.39 Å². The van der Waals surface area contributed by atoms with Gasteiger partial charge >= 0.3 is 0 Å². The van der Waals surface area contributed by atoms with E-state index in [0.29, 0.717) is 11.9 Å². The third kappa shape index (κ3) is 3.58. The van der Waals surface area contributed by atoms with E-state index in [0.717, 1.165) is 50.3 Å². The highest BCUT2D eigenvalue weighted by molar-refractivity contribution is 5.17. The number of anilines is 1. The second kappa shape index (κ2) is 6.22. The van der Waals surface area contributed by atoms with Gasteiger partial charge in [0.1, 0.15) is 11.6 Å². The van der Waals surface area contributed by atoms with E-state index in [2.05, 4.69) is 20.1 Å². The van der Waals surface area contributed by atoms with Gasteiger partial charge in [-0.2, -0.15) is 4.98 Å². The summed E-state index contributed by atoms with van der Waals surface area (Å²) in [6.07, 6.45) is 2.99. The number of likely N-dealkylation sites (tertiary alicyclic amines) is 1. The van der Waals surface area contributed by atoms with Crippen molar-refractivity contribution in [1.82, 2.24) is 20.1 Å². The number of halogens is 1. The Morgan fingerprint density at radius 3 is 2.81 bits per heavy atom. The molecule has 2 aromatic rings. The standard InChI is InChI=1S/C15H20FN5/c16-13-3-1-2-11(10-13)4-7-21-8-5-12(6-9-21)14-18-15(17)20-19-14/h1-3,10,12H,4-9H2,(H3,17,18,19,20). The van der Waals surface area contributed by atoms with E-state index < -0.39 is 0 Å². The summed E-state index contributed by atoms with van der Waals surface area (Å²) in [6, 6.07) is 6.85. The van der Waals surface area contributed by atoms with Crippen LogP contribution in [0.1, 0.15) is 30.1 Å². The lowest BCUT2D eigenvalue weighted by molar-refractivity contribution is 0.211. The maximum Gasteiger partial charge on any atom is 0.239 e. The minimum Gasteiger partial charge on any atom is -0.367 e. The molecule has 0 spiro atoms. The molecule has 5 nitrogen and oxygen atoms in total. The molecule has 1 aromatic carbocycles. The zero-order chi connectivity index (χ0) is 14.7. The Kier molecular flexibility index (Phi) is 4.15. The van der Waals surface area contributed by atoms with E-state index in [1.807, 2.05) is 6.07 Å². The minimum atomic E-state index is -0.158. The predicted octanol–water partition coefficient (Wildman–Crippen LogP) is 1.95. The maximum absolute atomic E-state index is 13.1. The second-order valence-electron chi connectivity index (χ2n) is 5.57. The van der Waals surface area contributed by atoms with Crippen molar-refractivity contribution < 1.29 is 4.39 Å². The number of aromatic amines is 1. The van der Waals surface area contributed by atoms with Gasteiger partial charge in [0.2, 0.25) is 5.95 Å². The first-order valence-electron chi connectivity index (χ1n) is 7.35. The van der Waals surface area contributed by atoms with Gasteiger partial charge in [0.15, 0.2) is 0 Å². The first-order valence-corrected chi connectivity index (χ1v) is 7.35. The molecule has 0 saturated carbocycles. The number of aromatic nitrogens is 3. The summed E-state index contributed by atoms with van der Waals surface area (Å²) >= 11 is 0. The fraction of sp³-hybridized carbons (Fsp3) is 0.467.